The predicted molar refractivity (Wildman–Crippen MR) is 252 cm³/mol. The van der Waals surface area contributed by atoms with Crippen LogP contribution in [0.15, 0.2) is 30.3 Å². The molecular weight excluding hydrogens is 869 g/mol. The van der Waals surface area contributed by atoms with Crippen LogP contribution in [0.4, 0.5) is 0 Å². The van der Waals surface area contributed by atoms with Crippen LogP contribution in [0.1, 0.15) is 82.8 Å². The molecule has 0 saturated carbocycles. The summed E-state index contributed by atoms with van der Waals surface area (Å²) in [4.78, 5) is 0. The van der Waals surface area contributed by atoms with Crippen LogP contribution in [0.25, 0.3) is 0 Å². The Morgan fingerprint density at radius 3 is 0.896 bits per heavy atom. The van der Waals surface area contributed by atoms with Crippen molar-refractivity contribution in [1.29, 1.82) is 0 Å². The zero-order valence-electron chi connectivity index (χ0n) is 35.5. The second-order valence-electron chi connectivity index (χ2n) is 22.3. The van der Waals surface area contributed by atoms with Crippen molar-refractivity contribution in [1.82, 2.24) is 0 Å². The van der Waals surface area contributed by atoms with Crippen LogP contribution in [0, 0.1) is 0 Å². The molecule has 9 heteroatoms. The molecule has 0 unspecified atom stereocenters. The Bertz CT molecular complexity index is 1300. The molecule has 0 aliphatic rings. The molecule has 2 aromatic rings. The van der Waals surface area contributed by atoms with Crippen LogP contribution in [0.5, 0.6) is 0 Å². The second kappa shape index (κ2) is 15.2. The molecule has 0 saturated heterocycles. The molecule has 2 aromatic carbocycles. The van der Waals surface area contributed by atoms with Crippen molar-refractivity contribution in [2.24, 2.45) is 0 Å². The van der Waals surface area contributed by atoms with Crippen molar-refractivity contribution in [3.8, 4) is 0 Å². The van der Waals surface area contributed by atoms with Gasteiger partial charge in [0.05, 0.1) is 0 Å². The standard InChI is InChI=1S/C39H76Br2GeSi6/c1-28(2)31-24-23-25-32(29(3)4)35(31)42(40,41)36-33(38(45(11,12)13)46(14,15)16)26-30(37(43(5,6)7)44(8,9)10)27-34(36)39(47(17,18)19)48(20,21)22/h23-29,37-39H,1-22H3. The molecule has 0 bridgehead atoms. The van der Waals surface area contributed by atoms with E-state index >= 15 is 0 Å². The number of halogens is 2. The van der Waals surface area contributed by atoms with Gasteiger partial charge in [-0.25, -0.2) is 0 Å². The van der Waals surface area contributed by atoms with Gasteiger partial charge in [0.25, 0.3) is 0 Å². The summed E-state index contributed by atoms with van der Waals surface area (Å²) in [7, 11) is -13.0. The van der Waals surface area contributed by atoms with Gasteiger partial charge in [0, 0.05) is 0 Å². The minimum absolute atomic E-state index is 0.475. The molecule has 0 N–H and O–H groups in total. The van der Waals surface area contributed by atoms with E-state index in [1.807, 2.05) is 0 Å². The quantitative estimate of drug-likeness (QED) is 0.176. The van der Waals surface area contributed by atoms with Crippen LogP contribution in [-0.4, -0.2) is 58.0 Å². The van der Waals surface area contributed by atoms with Crippen LogP contribution in [0.3, 0.4) is 0 Å². The monoisotopic (exact) mass is 944 g/mol. The Morgan fingerprint density at radius 2 is 0.667 bits per heavy atom. The Balaban J connectivity index is 3.62. The molecule has 0 atom stereocenters. The molecule has 2 rings (SSSR count). The number of benzene rings is 2. The molecule has 0 amide bonds. The Morgan fingerprint density at radius 1 is 0.417 bits per heavy atom. The van der Waals surface area contributed by atoms with Crippen LogP contribution >= 0.6 is 28.0 Å². The van der Waals surface area contributed by atoms with Gasteiger partial charge in [-0.15, -0.1) is 0 Å². The van der Waals surface area contributed by atoms with E-state index in [0.29, 0.717) is 22.2 Å². The molecule has 0 nitrogen and oxygen atoms in total. The SMILES string of the molecule is CC(C)c1cccc(C(C)C)[c]1[Ge]([Br])([Br])[c]1c(C([Si](C)(C)C)[Si](C)(C)C)cc(C([Si](C)(C)C)[Si](C)(C)C)cc1C([Si](C)(C)C)[Si](C)(C)C. The summed E-state index contributed by atoms with van der Waals surface area (Å²) in [6, 6.07) is 13.0. The second-order valence-corrected chi connectivity index (χ2v) is 78.3. The van der Waals surface area contributed by atoms with E-state index in [-0.39, 0.29) is 0 Å². The third-order valence-electron chi connectivity index (χ3n) is 10.4. The first-order valence-electron chi connectivity index (χ1n) is 18.8. The molecular formula is C39H76Br2GeSi6. The van der Waals surface area contributed by atoms with Crippen molar-refractivity contribution in [3.05, 3.63) is 58.1 Å². The predicted octanol–water partition coefficient (Wildman–Crippen LogP) is 13.8. The third kappa shape index (κ3) is 10.3. The van der Waals surface area contributed by atoms with Crippen molar-refractivity contribution < 1.29 is 0 Å². The van der Waals surface area contributed by atoms with Gasteiger partial charge in [0.15, 0.2) is 0 Å². The fraction of sp³-hybridized carbons (Fsp3) is 0.692. The summed E-state index contributed by atoms with van der Waals surface area (Å²) in [6.07, 6.45) is 0. The number of rotatable bonds is 13. The maximum absolute atomic E-state index is 4.87. The van der Waals surface area contributed by atoms with Crippen LogP contribution in [-0.2, 0) is 0 Å². The molecule has 0 spiro atoms. The molecule has 0 aliphatic carbocycles. The fourth-order valence-corrected chi connectivity index (χ4v) is 65.4. The molecule has 0 heterocycles. The van der Waals surface area contributed by atoms with E-state index < -0.39 is 58.0 Å². The maximum atomic E-state index is 4.87. The van der Waals surface area contributed by atoms with E-state index in [2.05, 4.69) is 176 Å². The number of hydrogen-bond donors (Lipinski definition) is 0. The fourth-order valence-electron chi connectivity index (χ4n) is 10.5. The van der Waals surface area contributed by atoms with E-state index in [4.69, 9.17) is 28.0 Å². The minimum atomic E-state index is -3.36. The zero-order chi connectivity index (χ0) is 38.0. The first-order chi connectivity index (χ1) is 21.1. The normalized spacial score (nSPS) is 14.8. The van der Waals surface area contributed by atoms with Crippen molar-refractivity contribution in [2.75, 3.05) is 0 Å². The Kier molecular flexibility index (Phi) is 14.4. The van der Waals surface area contributed by atoms with Crippen molar-refractivity contribution in [3.63, 3.8) is 0 Å². The van der Waals surface area contributed by atoms with E-state index in [1.54, 1.807) is 36.6 Å². The van der Waals surface area contributed by atoms with Gasteiger partial charge in [-0.3, -0.25) is 0 Å². The van der Waals surface area contributed by atoms with Crippen LogP contribution < -0.4 is 8.79 Å². The Hall–Kier alpha value is 1.24. The average Bonchev–Trinajstić information content (AvgIpc) is 2.77. The summed E-state index contributed by atoms with van der Waals surface area (Å²) in [5.41, 5.74) is 8.39. The molecule has 48 heavy (non-hydrogen) atoms. The van der Waals surface area contributed by atoms with Crippen LogP contribution in [0.2, 0.25) is 118 Å². The van der Waals surface area contributed by atoms with E-state index in [1.165, 1.54) is 0 Å². The average molecular weight is 946 g/mol. The molecule has 0 aliphatic heterocycles. The van der Waals surface area contributed by atoms with E-state index in [9.17, 15) is 0 Å². The number of hydrogen-bond acceptors (Lipinski definition) is 0. The molecule has 0 fully saturated rings. The topological polar surface area (TPSA) is 0 Å². The zero-order valence-corrected chi connectivity index (χ0v) is 46.8. The molecule has 0 radical (unpaired) electrons. The van der Waals surface area contributed by atoms with Gasteiger partial charge >= 0.3 is 326 Å². The summed E-state index contributed by atoms with van der Waals surface area (Å²) in [6.45, 7) is 57.9. The third-order valence-corrected chi connectivity index (χ3v) is 51.6. The van der Waals surface area contributed by atoms with Gasteiger partial charge in [0.1, 0.15) is 0 Å². The Labute approximate surface area is 322 Å². The van der Waals surface area contributed by atoms with Crippen molar-refractivity contribution >= 4 is 94.8 Å². The summed E-state index contributed by atoms with van der Waals surface area (Å²) < 4.78 is 3.43. The van der Waals surface area contributed by atoms with Gasteiger partial charge in [0.2, 0.25) is 0 Å². The summed E-state index contributed by atoms with van der Waals surface area (Å²) in [5, 5.41) is 2.09. The first-order valence-corrected chi connectivity index (χ1v) is 52.2. The van der Waals surface area contributed by atoms with Gasteiger partial charge in [-0.05, 0) is 0 Å². The van der Waals surface area contributed by atoms with Gasteiger partial charge in [-0.1, -0.05) is 0 Å². The molecule has 0 aromatic heterocycles. The van der Waals surface area contributed by atoms with Crippen molar-refractivity contribution in [2.45, 2.75) is 173 Å². The summed E-state index contributed by atoms with van der Waals surface area (Å²) in [5.74, 6) is 0.949. The first kappa shape index (κ1) is 45.4. The summed E-state index contributed by atoms with van der Waals surface area (Å²) >= 11 is 9.73. The van der Waals surface area contributed by atoms with Gasteiger partial charge in [-0.2, -0.15) is 0 Å². The molecule has 274 valence electrons. The van der Waals surface area contributed by atoms with E-state index in [0.717, 1.165) is 5.16 Å². The van der Waals surface area contributed by atoms with Gasteiger partial charge < -0.3 is 0 Å².